The minimum absolute atomic E-state index is 0.200. The summed E-state index contributed by atoms with van der Waals surface area (Å²) in [7, 11) is 0. The first kappa shape index (κ1) is 10.0. The van der Waals surface area contributed by atoms with Gasteiger partial charge in [-0.2, -0.15) is 18.3 Å². The number of hydrogen-bond acceptors (Lipinski definition) is 2. The van der Waals surface area contributed by atoms with Crippen molar-refractivity contribution >= 4 is 0 Å². The Hall–Kier alpha value is -1.04. The maximum atomic E-state index is 12.2. The van der Waals surface area contributed by atoms with Crippen molar-refractivity contribution in [2.75, 3.05) is 6.61 Å². The molecule has 0 bridgehead atoms. The van der Waals surface area contributed by atoms with Crippen LogP contribution in [-0.2, 0) is 17.6 Å². The van der Waals surface area contributed by atoms with Crippen molar-refractivity contribution in [2.24, 2.45) is 0 Å². The minimum atomic E-state index is -4.42. The lowest BCUT2D eigenvalue weighted by molar-refractivity contribution is -0.147. The Morgan fingerprint density at radius 3 is 2.85 bits per heavy atom. The van der Waals surface area contributed by atoms with E-state index < -0.39 is 11.9 Å². The third-order valence-electron chi connectivity index (χ3n) is 1.34. The lowest BCUT2D eigenvalue weighted by atomic mass is 10.4. The summed E-state index contributed by atoms with van der Waals surface area (Å²) < 4.78 is 42.0. The van der Waals surface area contributed by atoms with Crippen molar-refractivity contribution in [2.45, 2.75) is 19.8 Å². The average molecular weight is 193 g/mol. The van der Waals surface area contributed by atoms with Crippen LogP contribution in [-0.4, -0.2) is 16.4 Å². The van der Waals surface area contributed by atoms with Crippen LogP contribution in [0, 0.1) is 6.07 Å². The molecule has 0 N–H and O–H groups in total. The molecule has 0 atom stereocenters. The lowest BCUT2D eigenvalue weighted by Gasteiger charge is -2.09. The molecule has 0 aliphatic rings. The third-order valence-corrected chi connectivity index (χ3v) is 1.34. The first-order valence-corrected chi connectivity index (χ1v) is 3.64. The standard InChI is InChI=1S/C7H8F3N2O/c1-2-13-5-12-6(3-4-11-12)7(8,9)10/h4H,2,5H2,1H3. The topological polar surface area (TPSA) is 27.1 Å². The summed E-state index contributed by atoms with van der Waals surface area (Å²) >= 11 is 0. The van der Waals surface area contributed by atoms with Crippen LogP contribution in [0.25, 0.3) is 0 Å². The van der Waals surface area contributed by atoms with Crippen LogP contribution in [0.2, 0.25) is 0 Å². The number of ether oxygens (including phenoxy) is 1. The van der Waals surface area contributed by atoms with Crippen LogP contribution in [0.1, 0.15) is 12.6 Å². The van der Waals surface area contributed by atoms with Gasteiger partial charge < -0.3 is 4.74 Å². The minimum Gasteiger partial charge on any atom is -0.360 e. The molecule has 1 rings (SSSR count). The first-order chi connectivity index (χ1) is 6.05. The molecule has 0 fully saturated rings. The highest BCUT2D eigenvalue weighted by atomic mass is 19.4. The van der Waals surface area contributed by atoms with Gasteiger partial charge in [-0.1, -0.05) is 0 Å². The van der Waals surface area contributed by atoms with Gasteiger partial charge in [0, 0.05) is 12.7 Å². The number of nitrogens with zero attached hydrogens (tertiary/aromatic N) is 2. The Kier molecular flexibility index (Phi) is 2.92. The monoisotopic (exact) mass is 193 g/mol. The van der Waals surface area contributed by atoms with Crippen LogP contribution in [0.5, 0.6) is 0 Å². The largest absolute Gasteiger partial charge is 0.433 e. The average Bonchev–Trinajstić information content (AvgIpc) is 2.47. The first-order valence-electron chi connectivity index (χ1n) is 3.64. The fourth-order valence-corrected chi connectivity index (χ4v) is 0.796. The Bertz CT molecular complexity index is 269. The molecule has 1 aromatic heterocycles. The molecule has 0 spiro atoms. The third kappa shape index (κ3) is 2.45. The van der Waals surface area contributed by atoms with E-state index in [1.807, 2.05) is 6.07 Å². The van der Waals surface area contributed by atoms with Crippen molar-refractivity contribution in [3.05, 3.63) is 18.0 Å². The van der Waals surface area contributed by atoms with Gasteiger partial charge in [-0.25, -0.2) is 4.68 Å². The normalized spacial score (nSPS) is 12.0. The van der Waals surface area contributed by atoms with Crippen molar-refractivity contribution in [1.29, 1.82) is 0 Å². The Morgan fingerprint density at radius 2 is 2.31 bits per heavy atom. The summed E-state index contributed by atoms with van der Waals surface area (Å²) in [6.07, 6.45) is -3.45. The van der Waals surface area contributed by atoms with E-state index >= 15 is 0 Å². The van der Waals surface area contributed by atoms with Gasteiger partial charge in [-0.3, -0.25) is 0 Å². The summed E-state index contributed by atoms with van der Waals surface area (Å²) in [5.74, 6) is 0. The van der Waals surface area contributed by atoms with E-state index in [1.165, 1.54) is 0 Å². The van der Waals surface area contributed by atoms with Gasteiger partial charge in [0.05, 0.1) is 6.20 Å². The molecule has 1 radical (unpaired) electrons. The zero-order chi connectivity index (χ0) is 9.90. The van der Waals surface area contributed by atoms with E-state index in [4.69, 9.17) is 4.74 Å². The molecule has 0 saturated carbocycles. The highest BCUT2D eigenvalue weighted by Crippen LogP contribution is 2.28. The van der Waals surface area contributed by atoms with E-state index in [2.05, 4.69) is 5.10 Å². The van der Waals surface area contributed by atoms with Crippen molar-refractivity contribution < 1.29 is 17.9 Å². The van der Waals surface area contributed by atoms with Gasteiger partial charge in [-0.05, 0) is 6.92 Å². The van der Waals surface area contributed by atoms with Gasteiger partial charge >= 0.3 is 6.18 Å². The summed E-state index contributed by atoms with van der Waals surface area (Å²) in [6.45, 7) is 1.84. The summed E-state index contributed by atoms with van der Waals surface area (Å²) in [5, 5.41) is 3.44. The zero-order valence-electron chi connectivity index (χ0n) is 6.93. The molecule has 0 aromatic carbocycles. The molecule has 1 aromatic rings. The molecule has 1 heterocycles. The van der Waals surface area contributed by atoms with E-state index in [-0.39, 0.29) is 6.73 Å². The molecule has 0 saturated heterocycles. The molecular formula is C7H8F3N2O. The van der Waals surface area contributed by atoms with Crippen LogP contribution < -0.4 is 0 Å². The van der Waals surface area contributed by atoms with E-state index in [0.717, 1.165) is 10.9 Å². The smallest absolute Gasteiger partial charge is 0.360 e. The second kappa shape index (κ2) is 3.78. The van der Waals surface area contributed by atoms with Gasteiger partial charge in [0.1, 0.15) is 6.73 Å². The Labute approximate surface area is 73.1 Å². The van der Waals surface area contributed by atoms with Crippen LogP contribution in [0.4, 0.5) is 13.2 Å². The number of hydrogen-bond donors (Lipinski definition) is 0. The Balaban J connectivity index is 2.77. The maximum Gasteiger partial charge on any atom is 0.433 e. The number of aromatic nitrogens is 2. The molecule has 13 heavy (non-hydrogen) atoms. The molecule has 6 heteroatoms. The second-order valence-corrected chi connectivity index (χ2v) is 2.26. The summed E-state index contributed by atoms with van der Waals surface area (Å²) in [4.78, 5) is 0. The van der Waals surface area contributed by atoms with Crippen LogP contribution in [0.3, 0.4) is 0 Å². The lowest BCUT2D eigenvalue weighted by Crippen LogP contribution is -2.16. The zero-order valence-corrected chi connectivity index (χ0v) is 6.93. The SMILES string of the molecule is CCOCn1nc[c]c1C(F)(F)F. The second-order valence-electron chi connectivity index (χ2n) is 2.26. The fourth-order valence-electron chi connectivity index (χ4n) is 0.796. The number of halogens is 3. The van der Waals surface area contributed by atoms with Gasteiger partial charge in [0.15, 0.2) is 5.69 Å². The van der Waals surface area contributed by atoms with E-state index in [9.17, 15) is 13.2 Å². The van der Waals surface area contributed by atoms with Gasteiger partial charge in [-0.15, -0.1) is 0 Å². The van der Waals surface area contributed by atoms with Gasteiger partial charge in [0.25, 0.3) is 0 Å². The van der Waals surface area contributed by atoms with Gasteiger partial charge in [0.2, 0.25) is 0 Å². The van der Waals surface area contributed by atoms with E-state index in [1.54, 1.807) is 6.92 Å². The molecule has 0 unspecified atom stereocenters. The maximum absolute atomic E-state index is 12.2. The molecule has 3 nitrogen and oxygen atoms in total. The number of rotatable bonds is 3. The molecular weight excluding hydrogens is 185 g/mol. The highest BCUT2D eigenvalue weighted by molar-refractivity contribution is 5.02. The quantitative estimate of drug-likeness (QED) is 0.730. The van der Waals surface area contributed by atoms with Crippen molar-refractivity contribution in [1.82, 2.24) is 9.78 Å². The molecule has 0 amide bonds. The van der Waals surface area contributed by atoms with Crippen molar-refractivity contribution in [3.63, 3.8) is 0 Å². The Morgan fingerprint density at radius 1 is 1.62 bits per heavy atom. The van der Waals surface area contributed by atoms with Crippen LogP contribution >= 0.6 is 0 Å². The predicted molar refractivity (Wildman–Crippen MR) is 37.7 cm³/mol. The number of alkyl halides is 3. The van der Waals surface area contributed by atoms with E-state index in [0.29, 0.717) is 6.61 Å². The predicted octanol–water partition coefficient (Wildman–Crippen LogP) is 1.70. The van der Waals surface area contributed by atoms with Crippen molar-refractivity contribution in [3.8, 4) is 0 Å². The molecule has 0 aliphatic heterocycles. The van der Waals surface area contributed by atoms with Crippen LogP contribution in [0.15, 0.2) is 6.20 Å². The summed E-state index contributed by atoms with van der Waals surface area (Å²) in [5.41, 5.74) is -0.916. The molecule has 73 valence electrons. The summed E-state index contributed by atoms with van der Waals surface area (Å²) in [6, 6.07) is 2.00. The fraction of sp³-hybridized carbons (Fsp3) is 0.571. The highest BCUT2D eigenvalue weighted by Gasteiger charge is 2.34. The molecule has 0 aliphatic carbocycles.